The van der Waals surface area contributed by atoms with Gasteiger partial charge in [0, 0.05) is 0 Å². The predicted octanol–water partition coefficient (Wildman–Crippen LogP) is 2.95. The Labute approximate surface area is 118 Å². The molecule has 0 radical (unpaired) electrons. The Kier molecular flexibility index (Phi) is 5.41. The minimum atomic E-state index is -0.752. The first-order valence-corrected chi connectivity index (χ1v) is 6.93. The van der Waals surface area contributed by atoms with Gasteiger partial charge in [-0.1, -0.05) is 49.6 Å². The summed E-state index contributed by atoms with van der Waals surface area (Å²) < 4.78 is 4.94. The molecule has 5 heteroatoms. The molecule has 108 valence electrons. The van der Waals surface area contributed by atoms with Crippen molar-refractivity contribution in [2.24, 2.45) is 5.92 Å². The van der Waals surface area contributed by atoms with E-state index in [0.29, 0.717) is 0 Å². The summed E-state index contributed by atoms with van der Waals surface area (Å²) in [5, 5.41) is 0. The molecule has 1 aliphatic rings. The van der Waals surface area contributed by atoms with E-state index in [0.717, 1.165) is 37.7 Å². The monoisotopic (exact) mass is 277 g/mol. The Bertz CT molecular complexity index is 440. The van der Waals surface area contributed by atoms with Gasteiger partial charge in [-0.05, 0) is 18.4 Å². The van der Waals surface area contributed by atoms with Gasteiger partial charge in [-0.25, -0.2) is 9.59 Å². The fourth-order valence-corrected chi connectivity index (χ4v) is 2.27. The van der Waals surface area contributed by atoms with Crippen LogP contribution in [0.15, 0.2) is 30.3 Å². The standard InChI is InChI=1S/C15H19NO4/c17-14(13-9-5-2-6-10-13)20-16-15(18)19-11-12-7-3-1-4-8-12/h1,3-4,7-8,13H,2,5-6,9-11H2,(H,16,18). The van der Waals surface area contributed by atoms with Crippen LogP contribution in [0.5, 0.6) is 0 Å². The lowest BCUT2D eigenvalue weighted by Gasteiger charge is -2.19. The van der Waals surface area contributed by atoms with Crippen molar-refractivity contribution in [1.82, 2.24) is 5.48 Å². The Morgan fingerprint density at radius 2 is 1.80 bits per heavy atom. The van der Waals surface area contributed by atoms with Gasteiger partial charge in [0.2, 0.25) is 0 Å². The van der Waals surface area contributed by atoms with Crippen LogP contribution in [0.4, 0.5) is 4.79 Å². The lowest BCUT2D eigenvalue weighted by Crippen LogP contribution is -2.31. The highest BCUT2D eigenvalue weighted by atomic mass is 16.7. The van der Waals surface area contributed by atoms with Gasteiger partial charge < -0.3 is 9.57 Å². The van der Waals surface area contributed by atoms with E-state index in [1.807, 2.05) is 35.8 Å². The average molecular weight is 277 g/mol. The second-order valence-electron chi connectivity index (χ2n) is 4.92. The Morgan fingerprint density at radius 1 is 1.10 bits per heavy atom. The molecule has 0 aliphatic heterocycles. The zero-order valence-electron chi connectivity index (χ0n) is 11.3. The number of carbonyl (C=O) groups is 2. The second-order valence-corrected chi connectivity index (χ2v) is 4.92. The van der Waals surface area contributed by atoms with Gasteiger partial charge in [0.25, 0.3) is 0 Å². The first-order valence-electron chi connectivity index (χ1n) is 6.93. The van der Waals surface area contributed by atoms with E-state index in [2.05, 4.69) is 0 Å². The number of carbonyl (C=O) groups excluding carboxylic acids is 2. The molecule has 1 N–H and O–H groups in total. The number of rotatable bonds is 3. The Hall–Kier alpha value is -2.04. The maximum Gasteiger partial charge on any atom is 0.441 e. The number of benzene rings is 1. The maximum atomic E-state index is 11.7. The number of amides is 1. The van der Waals surface area contributed by atoms with Crippen LogP contribution in [0.1, 0.15) is 37.7 Å². The molecule has 0 heterocycles. The number of hydrogen-bond donors (Lipinski definition) is 1. The van der Waals surface area contributed by atoms with E-state index in [9.17, 15) is 9.59 Å². The topological polar surface area (TPSA) is 64.6 Å². The summed E-state index contributed by atoms with van der Waals surface area (Å²) in [5.41, 5.74) is 2.92. The summed E-state index contributed by atoms with van der Waals surface area (Å²) in [6.45, 7) is 0.146. The van der Waals surface area contributed by atoms with Crippen LogP contribution >= 0.6 is 0 Å². The van der Waals surface area contributed by atoms with Gasteiger partial charge in [0.1, 0.15) is 6.61 Å². The molecule has 0 saturated heterocycles. The van der Waals surface area contributed by atoms with Crippen molar-refractivity contribution >= 4 is 12.1 Å². The highest BCUT2D eigenvalue weighted by molar-refractivity contribution is 5.75. The molecule has 0 atom stereocenters. The zero-order valence-corrected chi connectivity index (χ0v) is 11.3. The van der Waals surface area contributed by atoms with E-state index in [1.54, 1.807) is 0 Å². The van der Waals surface area contributed by atoms with Gasteiger partial charge in [0.15, 0.2) is 0 Å². The quantitative estimate of drug-likeness (QED) is 0.863. The van der Waals surface area contributed by atoms with E-state index >= 15 is 0 Å². The summed E-state index contributed by atoms with van der Waals surface area (Å²) in [6, 6.07) is 9.30. The minimum absolute atomic E-state index is 0.0989. The molecular weight excluding hydrogens is 258 g/mol. The number of nitrogens with one attached hydrogen (secondary N) is 1. The number of hydrogen-bond acceptors (Lipinski definition) is 4. The zero-order chi connectivity index (χ0) is 14.2. The molecule has 0 bridgehead atoms. The van der Waals surface area contributed by atoms with E-state index in [1.165, 1.54) is 0 Å². The van der Waals surface area contributed by atoms with Crippen molar-refractivity contribution in [3.05, 3.63) is 35.9 Å². The lowest BCUT2D eigenvalue weighted by atomic mass is 9.89. The van der Waals surface area contributed by atoms with Crippen LogP contribution in [0.3, 0.4) is 0 Å². The van der Waals surface area contributed by atoms with Crippen molar-refractivity contribution < 1.29 is 19.2 Å². The molecule has 1 aromatic carbocycles. The third-order valence-electron chi connectivity index (χ3n) is 3.39. The molecule has 0 unspecified atom stereocenters. The van der Waals surface area contributed by atoms with Crippen molar-refractivity contribution in [3.63, 3.8) is 0 Å². The third kappa shape index (κ3) is 4.57. The van der Waals surface area contributed by atoms with Gasteiger partial charge in [-0.2, -0.15) is 0 Å². The summed E-state index contributed by atoms with van der Waals surface area (Å²) in [7, 11) is 0. The highest BCUT2D eigenvalue weighted by Gasteiger charge is 2.23. The van der Waals surface area contributed by atoms with Crippen LogP contribution in [-0.4, -0.2) is 12.1 Å². The summed E-state index contributed by atoms with van der Waals surface area (Å²) in [5.74, 6) is -0.473. The van der Waals surface area contributed by atoms with Crippen molar-refractivity contribution in [1.29, 1.82) is 0 Å². The highest BCUT2D eigenvalue weighted by Crippen LogP contribution is 2.24. The second kappa shape index (κ2) is 7.53. The van der Waals surface area contributed by atoms with Crippen LogP contribution < -0.4 is 5.48 Å². The van der Waals surface area contributed by atoms with Crippen LogP contribution in [0, 0.1) is 5.92 Å². The fraction of sp³-hybridized carbons (Fsp3) is 0.467. The summed E-state index contributed by atoms with van der Waals surface area (Å²) in [4.78, 5) is 27.8. The predicted molar refractivity (Wildman–Crippen MR) is 72.4 cm³/mol. The van der Waals surface area contributed by atoms with E-state index < -0.39 is 6.09 Å². The average Bonchev–Trinajstić information content (AvgIpc) is 2.52. The minimum Gasteiger partial charge on any atom is -0.443 e. The van der Waals surface area contributed by atoms with Crippen molar-refractivity contribution in [2.75, 3.05) is 0 Å². The van der Waals surface area contributed by atoms with Crippen LogP contribution in [0.25, 0.3) is 0 Å². The van der Waals surface area contributed by atoms with Crippen LogP contribution in [-0.2, 0) is 21.0 Å². The van der Waals surface area contributed by atoms with Gasteiger partial charge >= 0.3 is 12.1 Å². The van der Waals surface area contributed by atoms with Crippen LogP contribution in [0.2, 0.25) is 0 Å². The normalized spacial score (nSPS) is 15.4. The fourth-order valence-electron chi connectivity index (χ4n) is 2.27. The number of hydroxylamine groups is 1. The maximum absolute atomic E-state index is 11.7. The first kappa shape index (κ1) is 14.4. The molecule has 0 aromatic heterocycles. The molecule has 1 aromatic rings. The molecule has 1 aliphatic carbocycles. The molecule has 0 spiro atoms. The lowest BCUT2D eigenvalue weighted by molar-refractivity contribution is -0.156. The SMILES string of the molecule is O=C(NOC(=O)C1CCCCC1)OCc1ccccc1. The Morgan fingerprint density at radius 3 is 2.50 bits per heavy atom. The molecule has 1 amide bonds. The van der Waals surface area contributed by atoms with Gasteiger partial charge in [0.05, 0.1) is 5.92 Å². The Balaban J connectivity index is 1.65. The van der Waals surface area contributed by atoms with E-state index in [-0.39, 0.29) is 18.5 Å². The number of ether oxygens (including phenoxy) is 1. The smallest absolute Gasteiger partial charge is 0.441 e. The summed E-state index contributed by atoms with van der Waals surface area (Å²) >= 11 is 0. The molecule has 5 nitrogen and oxygen atoms in total. The molecule has 20 heavy (non-hydrogen) atoms. The van der Waals surface area contributed by atoms with E-state index in [4.69, 9.17) is 9.57 Å². The summed E-state index contributed by atoms with van der Waals surface area (Å²) in [6.07, 6.45) is 4.16. The largest absolute Gasteiger partial charge is 0.443 e. The molecular formula is C15H19NO4. The first-order chi connectivity index (χ1) is 9.75. The van der Waals surface area contributed by atoms with Gasteiger partial charge in [-0.15, -0.1) is 5.48 Å². The molecule has 1 saturated carbocycles. The molecule has 2 rings (SSSR count). The van der Waals surface area contributed by atoms with Crippen molar-refractivity contribution in [3.8, 4) is 0 Å². The molecule has 1 fully saturated rings. The van der Waals surface area contributed by atoms with Crippen molar-refractivity contribution in [2.45, 2.75) is 38.7 Å². The van der Waals surface area contributed by atoms with Gasteiger partial charge in [-0.3, -0.25) is 0 Å². The third-order valence-corrected chi connectivity index (χ3v) is 3.39.